The molecule has 2 nitrogen and oxygen atoms in total. The van der Waals surface area contributed by atoms with E-state index in [1.54, 1.807) is 0 Å². The van der Waals surface area contributed by atoms with Crippen molar-refractivity contribution in [2.24, 2.45) is 0 Å². The number of nitrogens with zero attached hydrogens (tertiary/aromatic N) is 1. The summed E-state index contributed by atoms with van der Waals surface area (Å²) in [4.78, 5) is 3.43. The summed E-state index contributed by atoms with van der Waals surface area (Å²) in [6, 6.07) is 17.8. The van der Waals surface area contributed by atoms with Crippen molar-refractivity contribution in [2.45, 2.75) is 25.8 Å². The highest BCUT2D eigenvalue weighted by Crippen LogP contribution is 2.40. The van der Waals surface area contributed by atoms with E-state index in [-0.39, 0.29) is 0 Å². The van der Waals surface area contributed by atoms with Crippen LogP contribution in [0.1, 0.15) is 29.2 Å². The Hall–Kier alpha value is -2.48. The Morgan fingerprint density at radius 1 is 1.09 bits per heavy atom. The van der Waals surface area contributed by atoms with Gasteiger partial charge in [-0.05, 0) is 43.2 Å². The highest BCUT2D eigenvalue weighted by molar-refractivity contribution is 5.86. The summed E-state index contributed by atoms with van der Waals surface area (Å²) in [5.41, 5.74) is 6.85. The van der Waals surface area contributed by atoms with Crippen LogP contribution in [-0.4, -0.2) is 9.55 Å². The molecule has 1 aliphatic rings. The van der Waals surface area contributed by atoms with Crippen LogP contribution in [-0.2, 0) is 6.54 Å². The number of hydrogen-bond donors (Lipinski definition) is 1. The van der Waals surface area contributed by atoms with Gasteiger partial charge in [0, 0.05) is 46.2 Å². The predicted molar refractivity (Wildman–Crippen MR) is 91.4 cm³/mol. The number of aromatic nitrogens is 2. The second-order valence-corrected chi connectivity index (χ2v) is 6.41. The number of H-pyrrole nitrogens is 1. The van der Waals surface area contributed by atoms with Crippen molar-refractivity contribution in [2.75, 3.05) is 0 Å². The summed E-state index contributed by atoms with van der Waals surface area (Å²) >= 11 is 0. The van der Waals surface area contributed by atoms with Crippen molar-refractivity contribution in [3.8, 4) is 0 Å². The van der Waals surface area contributed by atoms with E-state index in [1.165, 1.54) is 45.0 Å². The van der Waals surface area contributed by atoms with Crippen molar-refractivity contribution < 1.29 is 0 Å². The number of rotatable bonds is 1. The van der Waals surface area contributed by atoms with Crippen molar-refractivity contribution in [3.63, 3.8) is 0 Å². The van der Waals surface area contributed by atoms with E-state index in [1.807, 2.05) is 0 Å². The Balaban J connectivity index is 1.72. The summed E-state index contributed by atoms with van der Waals surface area (Å²) in [5.74, 6) is 0.504. The molecular weight excluding hydrogens is 268 g/mol. The van der Waals surface area contributed by atoms with E-state index < -0.39 is 0 Å². The molecule has 108 valence electrons. The van der Waals surface area contributed by atoms with E-state index in [2.05, 4.69) is 71.2 Å². The van der Waals surface area contributed by atoms with Gasteiger partial charge in [0.25, 0.3) is 0 Å². The largest absolute Gasteiger partial charge is 0.361 e. The van der Waals surface area contributed by atoms with E-state index in [0.717, 1.165) is 6.54 Å². The fraction of sp³-hybridized carbons (Fsp3) is 0.200. The highest BCUT2D eigenvalue weighted by Gasteiger charge is 2.27. The number of benzene rings is 2. The van der Waals surface area contributed by atoms with Gasteiger partial charge in [0.2, 0.25) is 0 Å². The molecule has 2 aromatic carbocycles. The molecule has 0 spiro atoms. The number of aryl methyl sites for hydroxylation is 2. The molecule has 1 atom stereocenters. The maximum atomic E-state index is 3.43. The molecule has 0 fully saturated rings. The standard InChI is InChI=1S/C20H18N2/c1-13-6-7-19-14(10-13)11-20-16(8-9-22(19)20)17-12-21-18-5-3-2-4-15(17)18/h2-7,10-12,16,21H,8-9H2,1H3. The summed E-state index contributed by atoms with van der Waals surface area (Å²) in [7, 11) is 0. The number of aromatic amines is 1. The third kappa shape index (κ3) is 1.55. The first-order valence-corrected chi connectivity index (χ1v) is 7.97. The van der Waals surface area contributed by atoms with Gasteiger partial charge >= 0.3 is 0 Å². The van der Waals surface area contributed by atoms with E-state index >= 15 is 0 Å². The first kappa shape index (κ1) is 12.1. The molecule has 1 N–H and O–H groups in total. The van der Waals surface area contributed by atoms with Gasteiger partial charge in [0.15, 0.2) is 0 Å². The molecule has 0 saturated carbocycles. The number of hydrogen-bond acceptors (Lipinski definition) is 0. The topological polar surface area (TPSA) is 20.7 Å². The van der Waals surface area contributed by atoms with Crippen molar-refractivity contribution in [1.82, 2.24) is 9.55 Å². The molecule has 0 radical (unpaired) electrons. The average Bonchev–Trinajstić information content (AvgIpc) is 3.19. The lowest BCUT2D eigenvalue weighted by Crippen LogP contribution is -1.95. The van der Waals surface area contributed by atoms with Gasteiger partial charge < -0.3 is 9.55 Å². The molecule has 5 rings (SSSR count). The summed E-state index contributed by atoms with van der Waals surface area (Å²) < 4.78 is 2.50. The van der Waals surface area contributed by atoms with Crippen LogP contribution in [0.3, 0.4) is 0 Å². The minimum atomic E-state index is 0.504. The molecule has 1 aliphatic heterocycles. The Bertz CT molecular complexity index is 1000. The van der Waals surface area contributed by atoms with E-state index in [4.69, 9.17) is 0 Å². The molecular formula is C20H18N2. The van der Waals surface area contributed by atoms with E-state index in [9.17, 15) is 0 Å². The zero-order chi connectivity index (χ0) is 14.7. The van der Waals surface area contributed by atoms with Crippen LogP contribution >= 0.6 is 0 Å². The lowest BCUT2D eigenvalue weighted by atomic mass is 9.94. The second-order valence-electron chi connectivity index (χ2n) is 6.41. The van der Waals surface area contributed by atoms with Crippen molar-refractivity contribution in [1.29, 1.82) is 0 Å². The average molecular weight is 286 g/mol. The van der Waals surface area contributed by atoms with Gasteiger partial charge in [-0.3, -0.25) is 0 Å². The zero-order valence-electron chi connectivity index (χ0n) is 12.6. The van der Waals surface area contributed by atoms with E-state index in [0.29, 0.717) is 5.92 Å². The lowest BCUT2D eigenvalue weighted by Gasteiger charge is -2.08. The predicted octanol–water partition coefficient (Wildman–Crippen LogP) is 4.97. The third-order valence-electron chi connectivity index (χ3n) is 5.08. The maximum absolute atomic E-state index is 3.43. The first-order valence-electron chi connectivity index (χ1n) is 7.97. The number of para-hydroxylation sites is 1. The Morgan fingerprint density at radius 2 is 2.00 bits per heavy atom. The Labute approximate surface area is 129 Å². The minimum absolute atomic E-state index is 0.504. The van der Waals surface area contributed by atoms with Crippen LogP contribution in [0.5, 0.6) is 0 Å². The number of fused-ring (bicyclic) bond motifs is 4. The van der Waals surface area contributed by atoms with Crippen LogP contribution in [0.2, 0.25) is 0 Å². The van der Waals surface area contributed by atoms with Crippen molar-refractivity contribution in [3.05, 3.63) is 71.5 Å². The molecule has 0 saturated heterocycles. The summed E-state index contributed by atoms with van der Waals surface area (Å²) in [5, 5.41) is 2.74. The van der Waals surface area contributed by atoms with Crippen LogP contribution in [0.4, 0.5) is 0 Å². The van der Waals surface area contributed by atoms with Gasteiger partial charge in [0.05, 0.1) is 0 Å². The SMILES string of the molecule is Cc1ccc2c(c1)cc1n2CCC1c1c[nH]c2ccccc12. The molecule has 2 heteroatoms. The molecule has 0 bridgehead atoms. The molecule has 2 aromatic heterocycles. The van der Waals surface area contributed by atoms with Gasteiger partial charge in [-0.15, -0.1) is 0 Å². The van der Waals surface area contributed by atoms with Crippen LogP contribution < -0.4 is 0 Å². The smallest absolute Gasteiger partial charge is 0.0482 e. The summed E-state index contributed by atoms with van der Waals surface area (Å²) in [6.07, 6.45) is 3.40. The molecule has 0 amide bonds. The van der Waals surface area contributed by atoms with Crippen LogP contribution in [0.25, 0.3) is 21.8 Å². The number of nitrogens with one attached hydrogen (secondary N) is 1. The van der Waals surface area contributed by atoms with Gasteiger partial charge in [-0.25, -0.2) is 0 Å². The quantitative estimate of drug-likeness (QED) is 0.510. The van der Waals surface area contributed by atoms with Gasteiger partial charge in [0.1, 0.15) is 0 Å². The fourth-order valence-electron chi connectivity index (χ4n) is 4.05. The second kappa shape index (κ2) is 4.26. The van der Waals surface area contributed by atoms with Gasteiger partial charge in [-0.2, -0.15) is 0 Å². The monoisotopic (exact) mass is 286 g/mol. The zero-order valence-corrected chi connectivity index (χ0v) is 12.6. The first-order chi connectivity index (χ1) is 10.8. The molecule has 4 aromatic rings. The third-order valence-corrected chi connectivity index (χ3v) is 5.08. The normalized spacial score (nSPS) is 17.4. The lowest BCUT2D eigenvalue weighted by molar-refractivity contribution is 0.738. The maximum Gasteiger partial charge on any atom is 0.0482 e. The molecule has 22 heavy (non-hydrogen) atoms. The minimum Gasteiger partial charge on any atom is -0.361 e. The Morgan fingerprint density at radius 3 is 2.95 bits per heavy atom. The molecule has 1 unspecified atom stereocenters. The molecule has 0 aliphatic carbocycles. The summed E-state index contributed by atoms with van der Waals surface area (Å²) in [6.45, 7) is 3.28. The van der Waals surface area contributed by atoms with Gasteiger partial charge in [-0.1, -0.05) is 29.8 Å². The van der Waals surface area contributed by atoms with Crippen LogP contribution in [0, 0.1) is 6.92 Å². The highest BCUT2D eigenvalue weighted by atomic mass is 15.0. The fourth-order valence-corrected chi connectivity index (χ4v) is 4.05. The molecule has 3 heterocycles. The van der Waals surface area contributed by atoms with Crippen molar-refractivity contribution >= 4 is 21.8 Å². The Kier molecular flexibility index (Phi) is 2.34. The van der Waals surface area contributed by atoms with Crippen LogP contribution in [0.15, 0.2) is 54.7 Å².